The lowest BCUT2D eigenvalue weighted by molar-refractivity contribution is 0.176. The van der Waals surface area contributed by atoms with Crippen LogP contribution in [0.4, 0.5) is 0 Å². The molecule has 1 aliphatic carbocycles. The van der Waals surface area contributed by atoms with E-state index in [1.807, 2.05) is 13.0 Å². The molecule has 1 aliphatic heterocycles. The number of aryl methyl sites for hydroxylation is 1. The van der Waals surface area contributed by atoms with Crippen LogP contribution in [0.25, 0.3) is 0 Å². The van der Waals surface area contributed by atoms with E-state index in [-0.39, 0.29) is 0 Å². The molecule has 2 fully saturated rings. The highest BCUT2D eigenvalue weighted by atomic mass is 16.5. The third kappa shape index (κ3) is 3.79. The largest absolute Gasteiger partial charge is 0.361 e. The van der Waals surface area contributed by atoms with Gasteiger partial charge in [-0.25, -0.2) is 0 Å². The Morgan fingerprint density at radius 1 is 1.26 bits per heavy atom. The second-order valence-electron chi connectivity index (χ2n) is 6.71. The van der Waals surface area contributed by atoms with Crippen LogP contribution in [0.15, 0.2) is 15.1 Å². The smallest absolute Gasteiger partial charge is 0.229 e. The monoisotopic (exact) mass is 317 g/mol. The van der Waals surface area contributed by atoms with Crippen LogP contribution in [0.5, 0.6) is 0 Å². The number of rotatable bonds is 6. The maximum atomic E-state index is 5.34. The van der Waals surface area contributed by atoms with E-state index in [0.29, 0.717) is 12.0 Å². The molecule has 0 amide bonds. The molecule has 23 heavy (non-hydrogen) atoms. The number of likely N-dealkylation sites (tertiary alicyclic amines) is 1. The fraction of sp³-hybridized carbons (Fsp3) is 0.688. The minimum absolute atomic E-state index is 0.468. The molecule has 1 N–H and O–H groups in total. The zero-order valence-corrected chi connectivity index (χ0v) is 13.5. The topological polar surface area (TPSA) is 80.2 Å². The first-order valence-electron chi connectivity index (χ1n) is 8.46. The molecule has 3 heterocycles. The summed E-state index contributed by atoms with van der Waals surface area (Å²) < 4.78 is 10.4. The molecular formula is C16H23N5O2. The van der Waals surface area contributed by atoms with Gasteiger partial charge in [-0.2, -0.15) is 4.98 Å². The van der Waals surface area contributed by atoms with Crippen molar-refractivity contribution >= 4 is 0 Å². The summed E-state index contributed by atoms with van der Waals surface area (Å²) in [5, 5.41) is 11.7. The summed E-state index contributed by atoms with van der Waals surface area (Å²) in [6.07, 6.45) is 4.76. The van der Waals surface area contributed by atoms with Crippen LogP contribution in [0, 0.1) is 6.92 Å². The molecule has 7 heteroatoms. The highest BCUT2D eigenvalue weighted by Crippen LogP contribution is 2.38. The Labute approximate surface area is 135 Å². The first-order valence-corrected chi connectivity index (χ1v) is 8.46. The van der Waals surface area contributed by atoms with E-state index in [2.05, 4.69) is 25.5 Å². The molecule has 0 radical (unpaired) electrons. The van der Waals surface area contributed by atoms with Gasteiger partial charge in [0.05, 0.1) is 12.2 Å². The first-order chi connectivity index (χ1) is 11.3. The third-order valence-electron chi connectivity index (χ3n) is 4.53. The molecule has 7 nitrogen and oxygen atoms in total. The van der Waals surface area contributed by atoms with Crippen molar-refractivity contribution in [3.63, 3.8) is 0 Å². The van der Waals surface area contributed by atoms with Gasteiger partial charge in [0.2, 0.25) is 5.89 Å². The molecule has 124 valence electrons. The van der Waals surface area contributed by atoms with E-state index in [9.17, 15) is 0 Å². The van der Waals surface area contributed by atoms with Crippen molar-refractivity contribution in [2.75, 3.05) is 13.1 Å². The average Bonchev–Trinajstić information content (AvgIpc) is 3.16. The van der Waals surface area contributed by atoms with E-state index in [0.717, 1.165) is 49.3 Å². The molecule has 0 bridgehead atoms. The summed E-state index contributed by atoms with van der Waals surface area (Å²) >= 11 is 0. The summed E-state index contributed by atoms with van der Waals surface area (Å²) in [6.45, 7) is 5.54. The van der Waals surface area contributed by atoms with E-state index in [1.54, 1.807) is 0 Å². The van der Waals surface area contributed by atoms with Gasteiger partial charge in [0.1, 0.15) is 5.76 Å². The van der Waals surface area contributed by atoms with E-state index in [4.69, 9.17) is 9.05 Å². The predicted molar refractivity (Wildman–Crippen MR) is 82.7 cm³/mol. The molecular weight excluding hydrogens is 294 g/mol. The van der Waals surface area contributed by atoms with Crippen LogP contribution in [-0.4, -0.2) is 39.3 Å². The molecule has 1 saturated carbocycles. The summed E-state index contributed by atoms with van der Waals surface area (Å²) in [7, 11) is 0. The van der Waals surface area contributed by atoms with Crippen LogP contribution >= 0.6 is 0 Å². The number of nitrogens with zero attached hydrogens (tertiary/aromatic N) is 4. The number of hydrogen-bond donors (Lipinski definition) is 1. The molecule has 1 saturated heterocycles. The molecule has 4 rings (SSSR count). The summed E-state index contributed by atoms with van der Waals surface area (Å²) in [5.74, 6) is 3.03. The van der Waals surface area contributed by atoms with Gasteiger partial charge < -0.3 is 14.4 Å². The molecule has 2 aromatic heterocycles. The Bertz CT molecular complexity index is 648. The quantitative estimate of drug-likeness (QED) is 0.872. The Kier molecular flexibility index (Phi) is 4.13. The highest BCUT2D eigenvalue weighted by molar-refractivity contribution is 5.04. The van der Waals surface area contributed by atoms with Gasteiger partial charge in [-0.05, 0) is 39.2 Å². The maximum absolute atomic E-state index is 5.34. The molecule has 0 unspecified atom stereocenters. The van der Waals surface area contributed by atoms with E-state index in [1.165, 1.54) is 25.7 Å². The van der Waals surface area contributed by atoms with Crippen LogP contribution in [0.3, 0.4) is 0 Å². The van der Waals surface area contributed by atoms with Gasteiger partial charge in [0, 0.05) is 31.1 Å². The van der Waals surface area contributed by atoms with Gasteiger partial charge in [0.15, 0.2) is 5.82 Å². The average molecular weight is 317 g/mol. The maximum Gasteiger partial charge on any atom is 0.229 e. The van der Waals surface area contributed by atoms with Gasteiger partial charge in [-0.3, -0.25) is 4.90 Å². The Morgan fingerprint density at radius 2 is 2.17 bits per heavy atom. The SMILES string of the molecule is Cc1cc(CN[C@H]2CCCN(Cc3noc(C4CC4)n3)C2)no1. The van der Waals surface area contributed by atoms with Crippen molar-refractivity contribution < 1.29 is 9.05 Å². The Hall–Kier alpha value is -1.73. The zero-order chi connectivity index (χ0) is 15.6. The fourth-order valence-corrected chi connectivity index (χ4v) is 3.14. The second kappa shape index (κ2) is 6.41. The lowest BCUT2D eigenvalue weighted by atomic mass is 10.1. The standard InChI is InChI=1S/C16H23N5O2/c1-11-7-14(19-22-11)8-17-13-3-2-6-21(9-13)10-15-18-16(23-20-15)12-4-5-12/h7,12-13,17H,2-6,8-10H2,1H3/t13-/m0/s1. The third-order valence-corrected chi connectivity index (χ3v) is 4.53. The van der Waals surface area contributed by atoms with Crippen LogP contribution in [-0.2, 0) is 13.1 Å². The molecule has 2 aliphatic rings. The number of piperidine rings is 1. The lowest BCUT2D eigenvalue weighted by Crippen LogP contribution is -2.45. The van der Waals surface area contributed by atoms with Gasteiger partial charge >= 0.3 is 0 Å². The fourth-order valence-electron chi connectivity index (χ4n) is 3.14. The predicted octanol–water partition coefficient (Wildman–Crippen LogP) is 2.00. The minimum Gasteiger partial charge on any atom is -0.361 e. The summed E-state index contributed by atoms with van der Waals surface area (Å²) in [4.78, 5) is 6.93. The van der Waals surface area contributed by atoms with Gasteiger partial charge in [0.25, 0.3) is 0 Å². The van der Waals surface area contributed by atoms with Gasteiger partial charge in [-0.15, -0.1) is 0 Å². The molecule has 0 aromatic carbocycles. The molecule has 0 spiro atoms. The van der Waals surface area contributed by atoms with Crippen molar-refractivity contribution in [2.45, 2.75) is 57.7 Å². The van der Waals surface area contributed by atoms with E-state index >= 15 is 0 Å². The van der Waals surface area contributed by atoms with Crippen LogP contribution in [0.1, 0.15) is 54.8 Å². The summed E-state index contributed by atoms with van der Waals surface area (Å²) in [5.41, 5.74) is 0.965. The number of aromatic nitrogens is 3. The lowest BCUT2D eigenvalue weighted by Gasteiger charge is -2.32. The van der Waals surface area contributed by atoms with Crippen LogP contribution < -0.4 is 5.32 Å². The summed E-state index contributed by atoms with van der Waals surface area (Å²) in [6, 6.07) is 2.45. The molecule has 1 atom stereocenters. The van der Waals surface area contributed by atoms with E-state index < -0.39 is 0 Å². The minimum atomic E-state index is 0.468. The van der Waals surface area contributed by atoms with Crippen molar-refractivity contribution in [3.05, 3.63) is 29.2 Å². The highest BCUT2D eigenvalue weighted by Gasteiger charge is 2.30. The van der Waals surface area contributed by atoms with Gasteiger partial charge in [-0.1, -0.05) is 10.3 Å². The van der Waals surface area contributed by atoms with Crippen molar-refractivity contribution in [1.29, 1.82) is 0 Å². The normalized spacial score (nSPS) is 22.6. The number of nitrogens with one attached hydrogen (secondary N) is 1. The van der Waals surface area contributed by atoms with Crippen molar-refractivity contribution in [1.82, 2.24) is 25.5 Å². The Morgan fingerprint density at radius 3 is 2.96 bits per heavy atom. The first kappa shape index (κ1) is 14.8. The Balaban J connectivity index is 1.27. The second-order valence-corrected chi connectivity index (χ2v) is 6.71. The van der Waals surface area contributed by atoms with Crippen molar-refractivity contribution in [2.24, 2.45) is 0 Å². The van der Waals surface area contributed by atoms with Crippen molar-refractivity contribution in [3.8, 4) is 0 Å². The zero-order valence-electron chi connectivity index (χ0n) is 13.5. The number of hydrogen-bond acceptors (Lipinski definition) is 7. The van der Waals surface area contributed by atoms with Crippen LogP contribution in [0.2, 0.25) is 0 Å². The molecule has 2 aromatic rings.